The van der Waals surface area contributed by atoms with Crippen LogP contribution >= 0.6 is 0 Å². The molecule has 1 fully saturated rings. The van der Waals surface area contributed by atoms with Gasteiger partial charge in [0.05, 0.1) is 32.7 Å². The van der Waals surface area contributed by atoms with E-state index in [-0.39, 0.29) is 0 Å². The summed E-state index contributed by atoms with van der Waals surface area (Å²) in [6.45, 7) is 9.75. The van der Waals surface area contributed by atoms with Gasteiger partial charge in [0, 0.05) is 12.3 Å². The van der Waals surface area contributed by atoms with E-state index in [9.17, 15) is 4.79 Å². The number of quaternary nitrogens is 1. The molecule has 0 aromatic carbocycles. The zero-order chi connectivity index (χ0) is 13.7. The first-order valence-electron chi connectivity index (χ1n) is 7.91. The highest BCUT2D eigenvalue weighted by atomic mass is 16.2. The second-order valence-corrected chi connectivity index (χ2v) is 6.58. The van der Waals surface area contributed by atoms with Crippen LogP contribution in [0.25, 0.3) is 0 Å². The Bertz CT molecular complexity index is 317. The van der Waals surface area contributed by atoms with E-state index in [1.54, 1.807) is 4.90 Å². The van der Waals surface area contributed by atoms with Crippen LogP contribution in [0.1, 0.15) is 39.5 Å². The maximum Gasteiger partial charge on any atom is 0.223 e. The van der Waals surface area contributed by atoms with Crippen LogP contribution in [-0.4, -0.2) is 43.5 Å². The van der Waals surface area contributed by atoms with E-state index in [0.29, 0.717) is 18.2 Å². The lowest BCUT2D eigenvalue weighted by Gasteiger charge is -2.34. The third-order valence-corrected chi connectivity index (χ3v) is 4.36. The zero-order valence-electron chi connectivity index (χ0n) is 12.5. The van der Waals surface area contributed by atoms with Gasteiger partial charge in [0.2, 0.25) is 5.91 Å². The number of nitrogens with zero attached hydrogens (tertiary/aromatic N) is 1. The Kier molecular flexibility index (Phi) is 5.44. The lowest BCUT2D eigenvalue weighted by atomic mass is 9.94. The fourth-order valence-electron chi connectivity index (χ4n) is 3.20. The van der Waals surface area contributed by atoms with Gasteiger partial charge in [-0.05, 0) is 25.2 Å². The molecule has 0 radical (unpaired) electrons. The van der Waals surface area contributed by atoms with Crippen LogP contribution in [0.2, 0.25) is 0 Å². The van der Waals surface area contributed by atoms with Crippen LogP contribution in [0.3, 0.4) is 0 Å². The molecule has 0 bridgehead atoms. The molecule has 1 saturated heterocycles. The summed E-state index contributed by atoms with van der Waals surface area (Å²) in [5, 5.41) is 0. The Balaban J connectivity index is 1.70. The minimum absolute atomic E-state index is 0.356. The Morgan fingerprint density at radius 3 is 2.63 bits per heavy atom. The van der Waals surface area contributed by atoms with Crippen LogP contribution in [0.5, 0.6) is 0 Å². The summed E-state index contributed by atoms with van der Waals surface area (Å²) in [5.41, 5.74) is 0. The fourth-order valence-corrected chi connectivity index (χ4v) is 3.20. The van der Waals surface area contributed by atoms with Gasteiger partial charge in [0.1, 0.15) is 0 Å². The van der Waals surface area contributed by atoms with Gasteiger partial charge in [-0.3, -0.25) is 4.79 Å². The Hall–Kier alpha value is -0.830. The standard InChI is InChI=1S/C16H28N2O/c1-14(2)12-16(19)18-10-8-17(9-11-18)13-15-6-4-3-5-7-15/h3-4,14-15H,5-13H2,1-2H3/p+1/t15-/m1/s1. The molecule has 19 heavy (non-hydrogen) atoms. The number of piperazine rings is 1. The van der Waals surface area contributed by atoms with Crippen molar-refractivity contribution in [1.82, 2.24) is 4.90 Å². The molecule has 108 valence electrons. The topological polar surface area (TPSA) is 24.8 Å². The first kappa shape index (κ1) is 14.6. The molecule has 1 amide bonds. The van der Waals surface area contributed by atoms with Gasteiger partial charge in [-0.2, -0.15) is 0 Å². The molecular formula is C16H29N2O+. The summed E-state index contributed by atoms with van der Waals surface area (Å²) in [4.78, 5) is 15.8. The first-order chi connectivity index (χ1) is 9.15. The number of hydrogen-bond acceptors (Lipinski definition) is 1. The molecule has 1 N–H and O–H groups in total. The monoisotopic (exact) mass is 265 g/mol. The summed E-state index contributed by atoms with van der Waals surface area (Å²) in [6.07, 6.45) is 9.25. The number of carbonyl (C=O) groups excluding carboxylic acids is 1. The van der Waals surface area contributed by atoms with Gasteiger partial charge in [0.25, 0.3) is 0 Å². The van der Waals surface area contributed by atoms with Crippen molar-refractivity contribution in [2.24, 2.45) is 11.8 Å². The van der Waals surface area contributed by atoms with E-state index >= 15 is 0 Å². The van der Waals surface area contributed by atoms with Gasteiger partial charge in [0.15, 0.2) is 0 Å². The van der Waals surface area contributed by atoms with Crippen molar-refractivity contribution in [2.75, 3.05) is 32.7 Å². The average molecular weight is 265 g/mol. The van der Waals surface area contributed by atoms with Crippen LogP contribution in [0, 0.1) is 11.8 Å². The maximum atomic E-state index is 12.0. The number of allylic oxidation sites excluding steroid dienone is 2. The zero-order valence-corrected chi connectivity index (χ0v) is 12.5. The molecule has 1 atom stereocenters. The second kappa shape index (κ2) is 7.09. The molecule has 2 rings (SSSR count). The molecule has 2 aliphatic rings. The van der Waals surface area contributed by atoms with Gasteiger partial charge in [-0.25, -0.2) is 0 Å². The van der Waals surface area contributed by atoms with E-state index in [1.165, 1.54) is 25.8 Å². The maximum absolute atomic E-state index is 12.0. The average Bonchev–Trinajstić information content (AvgIpc) is 2.40. The Labute approximate surface area is 117 Å². The third-order valence-electron chi connectivity index (χ3n) is 4.36. The number of carbonyl (C=O) groups is 1. The van der Waals surface area contributed by atoms with Gasteiger partial charge < -0.3 is 9.80 Å². The van der Waals surface area contributed by atoms with Crippen molar-refractivity contribution in [3.63, 3.8) is 0 Å². The highest BCUT2D eigenvalue weighted by molar-refractivity contribution is 5.76. The minimum Gasteiger partial charge on any atom is -0.332 e. The molecule has 1 aliphatic carbocycles. The van der Waals surface area contributed by atoms with Crippen LogP contribution < -0.4 is 4.90 Å². The van der Waals surface area contributed by atoms with Crippen molar-refractivity contribution in [3.05, 3.63) is 12.2 Å². The minimum atomic E-state index is 0.356. The van der Waals surface area contributed by atoms with Crippen LogP contribution in [-0.2, 0) is 4.79 Å². The molecule has 3 nitrogen and oxygen atoms in total. The number of rotatable bonds is 4. The Morgan fingerprint density at radius 1 is 1.32 bits per heavy atom. The van der Waals surface area contributed by atoms with E-state index < -0.39 is 0 Å². The molecular weight excluding hydrogens is 236 g/mol. The number of hydrogen-bond donors (Lipinski definition) is 1. The van der Waals surface area contributed by atoms with Crippen molar-refractivity contribution >= 4 is 5.91 Å². The first-order valence-corrected chi connectivity index (χ1v) is 7.91. The summed E-state index contributed by atoms with van der Waals surface area (Å²) < 4.78 is 0. The molecule has 1 aliphatic heterocycles. The summed E-state index contributed by atoms with van der Waals surface area (Å²) in [5.74, 6) is 1.71. The molecule has 0 saturated carbocycles. The van der Waals surface area contributed by atoms with Gasteiger partial charge in [-0.15, -0.1) is 0 Å². The third kappa shape index (κ3) is 4.64. The van der Waals surface area contributed by atoms with Crippen molar-refractivity contribution in [2.45, 2.75) is 39.5 Å². The summed E-state index contributed by atoms with van der Waals surface area (Å²) in [6, 6.07) is 0. The fraction of sp³-hybridized carbons (Fsp3) is 0.812. The van der Waals surface area contributed by atoms with Crippen molar-refractivity contribution in [3.8, 4) is 0 Å². The number of amides is 1. The normalized spacial score (nSPS) is 25.0. The molecule has 0 unspecified atom stereocenters. The lowest BCUT2D eigenvalue weighted by Crippen LogP contribution is -3.15. The van der Waals surface area contributed by atoms with Crippen LogP contribution in [0.4, 0.5) is 0 Å². The molecule has 0 aromatic rings. The van der Waals surface area contributed by atoms with E-state index in [2.05, 4.69) is 30.9 Å². The SMILES string of the molecule is CC(C)CC(=O)N1CC[NH+](C[C@@H]2CC=CCC2)CC1. The van der Waals surface area contributed by atoms with Crippen molar-refractivity contribution in [1.29, 1.82) is 0 Å². The van der Waals surface area contributed by atoms with E-state index in [1.807, 2.05) is 0 Å². The predicted octanol–water partition coefficient (Wildman–Crippen LogP) is 1.12. The summed E-state index contributed by atoms with van der Waals surface area (Å²) >= 11 is 0. The van der Waals surface area contributed by atoms with Crippen molar-refractivity contribution < 1.29 is 9.69 Å². The quantitative estimate of drug-likeness (QED) is 0.757. The molecule has 3 heteroatoms. The predicted molar refractivity (Wildman–Crippen MR) is 78.1 cm³/mol. The Morgan fingerprint density at radius 2 is 2.05 bits per heavy atom. The van der Waals surface area contributed by atoms with Gasteiger partial charge >= 0.3 is 0 Å². The van der Waals surface area contributed by atoms with E-state index in [0.717, 1.165) is 32.1 Å². The highest BCUT2D eigenvalue weighted by Gasteiger charge is 2.25. The summed E-state index contributed by atoms with van der Waals surface area (Å²) in [7, 11) is 0. The van der Waals surface area contributed by atoms with E-state index in [4.69, 9.17) is 0 Å². The lowest BCUT2D eigenvalue weighted by molar-refractivity contribution is -0.907. The smallest absolute Gasteiger partial charge is 0.223 e. The largest absolute Gasteiger partial charge is 0.332 e. The highest BCUT2D eigenvalue weighted by Crippen LogP contribution is 2.16. The molecule has 0 aromatic heterocycles. The van der Waals surface area contributed by atoms with Gasteiger partial charge in [-0.1, -0.05) is 26.0 Å². The molecule has 1 heterocycles. The second-order valence-electron chi connectivity index (χ2n) is 6.58. The number of nitrogens with one attached hydrogen (secondary N) is 1. The van der Waals surface area contributed by atoms with Crippen LogP contribution in [0.15, 0.2) is 12.2 Å². The molecule has 0 spiro atoms.